The zero-order valence-corrected chi connectivity index (χ0v) is 12.2. The molecule has 0 spiro atoms. The number of ketones is 1. The molecule has 7 nitrogen and oxygen atoms in total. The highest BCUT2D eigenvalue weighted by atomic mass is 35.5. The smallest absolute Gasteiger partial charge is 0.328 e. The van der Waals surface area contributed by atoms with Crippen molar-refractivity contribution in [1.82, 2.24) is 14.9 Å². The topological polar surface area (TPSA) is 101 Å². The van der Waals surface area contributed by atoms with E-state index in [1.165, 1.54) is 6.92 Å². The number of halogens is 1. The fraction of sp³-hybridized carbons (Fsp3) is 0.500. The van der Waals surface area contributed by atoms with Crippen LogP contribution >= 0.6 is 11.6 Å². The van der Waals surface area contributed by atoms with Crippen molar-refractivity contribution in [3.63, 3.8) is 0 Å². The SMILES string of the molecule is CC(=O)C(NC(=O)Cn1cc(Cl)c(=O)[nH]c1=O)C(C)C. The minimum absolute atomic E-state index is 0.0626. The third kappa shape index (κ3) is 4.06. The van der Waals surface area contributed by atoms with Gasteiger partial charge in [-0.2, -0.15) is 0 Å². The van der Waals surface area contributed by atoms with Gasteiger partial charge in [0.25, 0.3) is 5.56 Å². The average molecular weight is 302 g/mol. The summed E-state index contributed by atoms with van der Waals surface area (Å²) in [6.07, 6.45) is 1.08. The highest BCUT2D eigenvalue weighted by Gasteiger charge is 2.20. The molecule has 0 saturated heterocycles. The number of hydrogen-bond donors (Lipinski definition) is 2. The number of H-pyrrole nitrogens is 1. The van der Waals surface area contributed by atoms with Crippen LogP contribution < -0.4 is 16.6 Å². The van der Waals surface area contributed by atoms with Crippen molar-refractivity contribution in [2.24, 2.45) is 5.92 Å². The van der Waals surface area contributed by atoms with Gasteiger partial charge in [-0.1, -0.05) is 25.4 Å². The Hall–Kier alpha value is -1.89. The average Bonchev–Trinajstić information content (AvgIpc) is 2.32. The maximum absolute atomic E-state index is 11.8. The van der Waals surface area contributed by atoms with Crippen molar-refractivity contribution in [1.29, 1.82) is 0 Å². The highest BCUT2D eigenvalue weighted by molar-refractivity contribution is 6.30. The molecule has 1 heterocycles. The number of rotatable bonds is 5. The molecule has 1 rings (SSSR count). The molecule has 110 valence electrons. The molecule has 8 heteroatoms. The molecule has 0 fully saturated rings. The van der Waals surface area contributed by atoms with Crippen molar-refractivity contribution in [2.45, 2.75) is 33.4 Å². The molecule has 0 aliphatic carbocycles. The standard InChI is InChI=1S/C12H16ClN3O4/c1-6(2)10(7(3)17)14-9(18)5-16-4-8(13)11(19)15-12(16)20/h4,6,10H,5H2,1-3H3,(H,14,18)(H,15,19,20). The van der Waals surface area contributed by atoms with Crippen LogP contribution in [0, 0.1) is 5.92 Å². The van der Waals surface area contributed by atoms with E-state index in [0.29, 0.717) is 0 Å². The monoisotopic (exact) mass is 301 g/mol. The second-order valence-electron chi connectivity index (χ2n) is 4.76. The largest absolute Gasteiger partial charge is 0.344 e. The third-order valence-electron chi connectivity index (χ3n) is 2.70. The van der Waals surface area contributed by atoms with E-state index >= 15 is 0 Å². The molecule has 20 heavy (non-hydrogen) atoms. The first kappa shape index (κ1) is 16.2. The number of aromatic amines is 1. The molecule has 1 aromatic rings. The van der Waals surface area contributed by atoms with Gasteiger partial charge in [0.15, 0.2) is 5.78 Å². The van der Waals surface area contributed by atoms with Crippen molar-refractivity contribution in [2.75, 3.05) is 0 Å². The zero-order valence-electron chi connectivity index (χ0n) is 11.4. The molecule has 2 N–H and O–H groups in total. The van der Waals surface area contributed by atoms with Gasteiger partial charge in [0.2, 0.25) is 5.91 Å². The number of Topliss-reactive ketones (excluding diaryl/α,β-unsaturated/α-hetero) is 1. The van der Waals surface area contributed by atoms with Crippen LogP contribution in [0.3, 0.4) is 0 Å². The van der Waals surface area contributed by atoms with Gasteiger partial charge in [-0.15, -0.1) is 0 Å². The van der Waals surface area contributed by atoms with Crippen molar-refractivity contribution < 1.29 is 9.59 Å². The lowest BCUT2D eigenvalue weighted by molar-refractivity contribution is -0.128. The third-order valence-corrected chi connectivity index (χ3v) is 2.97. The van der Waals surface area contributed by atoms with Gasteiger partial charge in [0.1, 0.15) is 11.6 Å². The Morgan fingerprint density at radius 2 is 2.00 bits per heavy atom. The van der Waals surface area contributed by atoms with E-state index in [1.807, 2.05) is 4.98 Å². The summed E-state index contributed by atoms with van der Waals surface area (Å²) in [6.45, 7) is 4.66. The van der Waals surface area contributed by atoms with Gasteiger partial charge in [-0.25, -0.2) is 4.79 Å². The summed E-state index contributed by atoms with van der Waals surface area (Å²) >= 11 is 5.59. The Labute approximate surface area is 119 Å². The number of carbonyl (C=O) groups excluding carboxylic acids is 2. The zero-order chi connectivity index (χ0) is 15.4. The molecule has 1 aromatic heterocycles. The summed E-state index contributed by atoms with van der Waals surface area (Å²) in [7, 11) is 0. The minimum atomic E-state index is -0.738. The summed E-state index contributed by atoms with van der Waals surface area (Å²) in [5.74, 6) is -0.739. The molecule has 0 aliphatic heterocycles. The van der Waals surface area contributed by atoms with Gasteiger partial charge < -0.3 is 5.32 Å². The van der Waals surface area contributed by atoms with Gasteiger partial charge in [0, 0.05) is 6.20 Å². The Balaban J connectivity index is 2.86. The van der Waals surface area contributed by atoms with Crippen molar-refractivity contribution in [3.05, 3.63) is 32.1 Å². The Bertz CT molecular complexity index is 632. The number of carbonyl (C=O) groups is 2. The van der Waals surface area contributed by atoms with Crippen LogP contribution in [-0.2, 0) is 16.1 Å². The first-order chi connectivity index (χ1) is 9.22. The molecule has 0 bridgehead atoms. The van der Waals surface area contributed by atoms with E-state index in [0.717, 1.165) is 10.8 Å². The number of amides is 1. The lowest BCUT2D eigenvalue weighted by Crippen LogP contribution is -2.45. The van der Waals surface area contributed by atoms with E-state index < -0.39 is 23.2 Å². The fourth-order valence-electron chi connectivity index (χ4n) is 1.71. The van der Waals surface area contributed by atoms with Crippen LogP contribution in [0.5, 0.6) is 0 Å². The van der Waals surface area contributed by atoms with Crippen LogP contribution in [0.25, 0.3) is 0 Å². The maximum Gasteiger partial charge on any atom is 0.328 e. The lowest BCUT2D eigenvalue weighted by atomic mass is 10.0. The predicted molar refractivity (Wildman–Crippen MR) is 73.8 cm³/mol. The number of aromatic nitrogens is 2. The van der Waals surface area contributed by atoms with Crippen LogP contribution in [0.15, 0.2) is 15.8 Å². The quantitative estimate of drug-likeness (QED) is 0.794. The molecule has 0 aliphatic rings. The van der Waals surface area contributed by atoms with Crippen LogP contribution in [0.2, 0.25) is 5.02 Å². The fourth-order valence-corrected chi connectivity index (χ4v) is 1.88. The first-order valence-corrected chi connectivity index (χ1v) is 6.39. The first-order valence-electron chi connectivity index (χ1n) is 6.01. The van der Waals surface area contributed by atoms with Crippen LogP contribution in [0.1, 0.15) is 20.8 Å². The van der Waals surface area contributed by atoms with E-state index in [9.17, 15) is 19.2 Å². The van der Waals surface area contributed by atoms with Crippen LogP contribution in [0.4, 0.5) is 0 Å². The number of nitrogens with one attached hydrogen (secondary N) is 2. The highest BCUT2D eigenvalue weighted by Crippen LogP contribution is 2.03. The summed E-state index contributed by atoms with van der Waals surface area (Å²) in [5.41, 5.74) is -1.45. The molecular formula is C12H16ClN3O4. The second kappa shape index (κ2) is 6.51. The molecule has 0 aromatic carbocycles. The molecular weight excluding hydrogens is 286 g/mol. The molecule has 0 saturated carbocycles. The molecule has 0 radical (unpaired) electrons. The number of nitrogens with zero attached hydrogens (tertiary/aromatic N) is 1. The Kier molecular flexibility index (Phi) is 5.26. The molecule has 1 unspecified atom stereocenters. The van der Waals surface area contributed by atoms with Crippen molar-refractivity contribution >= 4 is 23.3 Å². The summed E-state index contributed by atoms with van der Waals surface area (Å²) < 4.78 is 0.969. The molecule has 1 atom stereocenters. The maximum atomic E-state index is 11.8. The van der Waals surface area contributed by atoms with Gasteiger partial charge >= 0.3 is 5.69 Å². The van der Waals surface area contributed by atoms with Gasteiger partial charge in [-0.3, -0.25) is 23.9 Å². The van der Waals surface area contributed by atoms with E-state index in [4.69, 9.17) is 11.6 Å². The Morgan fingerprint density at radius 3 is 2.50 bits per heavy atom. The van der Waals surface area contributed by atoms with Gasteiger partial charge in [-0.05, 0) is 12.8 Å². The van der Waals surface area contributed by atoms with E-state index in [2.05, 4.69) is 5.32 Å². The normalized spacial score (nSPS) is 12.2. The summed E-state index contributed by atoms with van der Waals surface area (Å²) in [4.78, 5) is 47.8. The lowest BCUT2D eigenvalue weighted by Gasteiger charge is -2.19. The Morgan fingerprint density at radius 1 is 1.40 bits per heavy atom. The predicted octanol–water partition coefficient (Wildman–Crippen LogP) is -0.0802. The summed E-state index contributed by atoms with van der Waals surface area (Å²) in [6, 6.07) is -0.614. The second-order valence-corrected chi connectivity index (χ2v) is 5.17. The van der Waals surface area contributed by atoms with Crippen LogP contribution in [-0.4, -0.2) is 27.3 Å². The minimum Gasteiger partial charge on any atom is -0.344 e. The van der Waals surface area contributed by atoms with Gasteiger partial charge in [0.05, 0.1) is 6.04 Å². The number of hydrogen-bond acceptors (Lipinski definition) is 4. The summed E-state index contributed by atoms with van der Waals surface area (Å²) in [5, 5.41) is 2.35. The van der Waals surface area contributed by atoms with E-state index in [-0.39, 0.29) is 23.3 Å². The van der Waals surface area contributed by atoms with Crippen molar-refractivity contribution in [3.8, 4) is 0 Å². The molecule has 1 amide bonds. The van der Waals surface area contributed by atoms with E-state index in [1.54, 1.807) is 13.8 Å².